The first kappa shape index (κ1) is 17.0. The molecule has 0 radical (unpaired) electrons. The van der Waals surface area contributed by atoms with E-state index < -0.39 is 9.84 Å². The summed E-state index contributed by atoms with van der Waals surface area (Å²) in [5, 5.41) is 3.11. The van der Waals surface area contributed by atoms with Gasteiger partial charge in [-0.25, -0.2) is 8.42 Å². The number of halogens is 2. The van der Waals surface area contributed by atoms with Crippen molar-refractivity contribution in [3.05, 3.63) is 63.1 Å². The van der Waals surface area contributed by atoms with Crippen LogP contribution in [-0.2, 0) is 16.4 Å². The molecule has 0 bridgehead atoms. The van der Waals surface area contributed by atoms with Crippen molar-refractivity contribution in [2.75, 3.05) is 6.26 Å². The number of amides is 1. The fourth-order valence-corrected chi connectivity index (χ4v) is 3.20. The maximum atomic E-state index is 12.1. The lowest BCUT2D eigenvalue weighted by Crippen LogP contribution is -2.23. The second kappa shape index (κ2) is 6.81. The molecule has 4 nitrogen and oxygen atoms in total. The van der Waals surface area contributed by atoms with Gasteiger partial charge in [0.1, 0.15) is 0 Å². The van der Waals surface area contributed by atoms with Crippen LogP contribution in [0, 0.1) is 0 Å². The normalized spacial score (nSPS) is 11.2. The lowest BCUT2D eigenvalue weighted by atomic mass is 10.2. The number of rotatable bonds is 4. The molecule has 0 saturated heterocycles. The van der Waals surface area contributed by atoms with E-state index in [0.717, 1.165) is 16.3 Å². The van der Waals surface area contributed by atoms with Crippen molar-refractivity contribution in [1.82, 2.24) is 5.32 Å². The highest BCUT2D eigenvalue weighted by atomic mass is 79.9. The van der Waals surface area contributed by atoms with E-state index in [1.54, 1.807) is 30.3 Å². The SMILES string of the molecule is CS(=O)(=O)c1ccc(CNC(=O)c2ccc(Br)cc2Cl)cc1. The molecule has 2 rings (SSSR count). The lowest BCUT2D eigenvalue weighted by molar-refractivity contribution is 0.0951. The summed E-state index contributed by atoms with van der Waals surface area (Å²) < 4.78 is 23.5. The molecule has 116 valence electrons. The van der Waals surface area contributed by atoms with Gasteiger partial charge in [-0.2, -0.15) is 0 Å². The summed E-state index contributed by atoms with van der Waals surface area (Å²) >= 11 is 9.30. The molecule has 0 fully saturated rings. The summed E-state index contributed by atoms with van der Waals surface area (Å²) in [7, 11) is -3.21. The number of carbonyl (C=O) groups is 1. The molecule has 0 aliphatic rings. The Kier molecular flexibility index (Phi) is 5.26. The summed E-state index contributed by atoms with van der Waals surface area (Å²) in [6.45, 7) is 0.287. The van der Waals surface area contributed by atoms with Crippen molar-refractivity contribution < 1.29 is 13.2 Å². The fraction of sp³-hybridized carbons (Fsp3) is 0.133. The summed E-state index contributed by atoms with van der Waals surface area (Å²) in [4.78, 5) is 12.3. The van der Waals surface area contributed by atoms with Crippen LogP contribution in [0.3, 0.4) is 0 Å². The van der Waals surface area contributed by atoms with Crippen molar-refractivity contribution in [3.8, 4) is 0 Å². The predicted molar refractivity (Wildman–Crippen MR) is 89.9 cm³/mol. The zero-order chi connectivity index (χ0) is 16.3. The minimum absolute atomic E-state index is 0.249. The Balaban J connectivity index is 2.05. The van der Waals surface area contributed by atoms with Crippen LogP contribution in [0.4, 0.5) is 0 Å². The van der Waals surface area contributed by atoms with Crippen molar-refractivity contribution in [2.24, 2.45) is 0 Å². The quantitative estimate of drug-likeness (QED) is 0.852. The molecule has 0 aromatic heterocycles. The minimum atomic E-state index is -3.21. The summed E-state index contributed by atoms with van der Waals surface area (Å²) in [5.74, 6) is -0.287. The van der Waals surface area contributed by atoms with Crippen LogP contribution in [0.5, 0.6) is 0 Å². The van der Waals surface area contributed by atoms with Crippen LogP contribution in [-0.4, -0.2) is 20.6 Å². The number of benzene rings is 2. The third-order valence-corrected chi connectivity index (χ3v) is 4.91. The van der Waals surface area contributed by atoms with Gasteiger partial charge in [-0.05, 0) is 35.9 Å². The second-order valence-corrected chi connectivity index (χ2v) is 8.06. The maximum absolute atomic E-state index is 12.1. The lowest BCUT2D eigenvalue weighted by Gasteiger charge is -2.08. The Labute approximate surface area is 142 Å². The van der Waals surface area contributed by atoms with Gasteiger partial charge in [-0.3, -0.25) is 4.79 Å². The number of sulfone groups is 1. The number of carbonyl (C=O) groups excluding carboxylic acids is 1. The molecule has 0 unspecified atom stereocenters. The van der Waals surface area contributed by atoms with Gasteiger partial charge in [0.05, 0.1) is 15.5 Å². The van der Waals surface area contributed by atoms with E-state index >= 15 is 0 Å². The van der Waals surface area contributed by atoms with Crippen molar-refractivity contribution in [2.45, 2.75) is 11.4 Å². The Morgan fingerprint density at radius 2 is 1.82 bits per heavy atom. The zero-order valence-electron chi connectivity index (χ0n) is 11.6. The Morgan fingerprint density at radius 3 is 2.36 bits per heavy atom. The molecule has 0 saturated carbocycles. The molecule has 0 aliphatic carbocycles. The molecule has 1 N–H and O–H groups in total. The zero-order valence-corrected chi connectivity index (χ0v) is 14.8. The summed E-state index contributed by atoms with van der Waals surface area (Å²) in [5.41, 5.74) is 1.19. The van der Waals surface area contributed by atoms with Gasteiger partial charge >= 0.3 is 0 Å². The first-order valence-corrected chi connectivity index (χ1v) is 9.36. The van der Waals surface area contributed by atoms with Crippen LogP contribution in [0.2, 0.25) is 5.02 Å². The van der Waals surface area contributed by atoms with Crippen molar-refractivity contribution in [3.63, 3.8) is 0 Å². The third kappa shape index (κ3) is 4.32. The summed E-state index contributed by atoms with van der Waals surface area (Å²) in [6, 6.07) is 11.4. The van der Waals surface area contributed by atoms with Gasteiger partial charge < -0.3 is 5.32 Å². The van der Waals surface area contributed by atoms with E-state index in [1.807, 2.05) is 0 Å². The van der Waals surface area contributed by atoms with Crippen LogP contribution < -0.4 is 5.32 Å². The first-order valence-electron chi connectivity index (χ1n) is 6.29. The van der Waals surface area contributed by atoms with E-state index in [2.05, 4.69) is 21.2 Å². The van der Waals surface area contributed by atoms with Gasteiger partial charge in [0.25, 0.3) is 5.91 Å². The van der Waals surface area contributed by atoms with Crippen LogP contribution >= 0.6 is 27.5 Å². The molecule has 1 amide bonds. The van der Waals surface area contributed by atoms with E-state index in [1.165, 1.54) is 12.1 Å². The average molecular weight is 403 g/mol. The molecule has 0 atom stereocenters. The predicted octanol–water partition coefficient (Wildman–Crippen LogP) is 3.44. The highest BCUT2D eigenvalue weighted by Gasteiger charge is 2.11. The molecule has 2 aromatic rings. The highest BCUT2D eigenvalue weighted by molar-refractivity contribution is 9.10. The molecule has 0 aliphatic heterocycles. The standard InChI is InChI=1S/C15H13BrClNO3S/c1-22(20,21)12-5-2-10(3-6-12)9-18-15(19)13-7-4-11(16)8-14(13)17/h2-8H,9H2,1H3,(H,18,19). The maximum Gasteiger partial charge on any atom is 0.253 e. The smallest absolute Gasteiger partial charge is 0.253 e. The van der Waals surface area contributed by atoms with Crippen LogP contribution in [0.25, 0.3) is 0 Å². The molecule has 2 aromatic carbocycles. The molecule has 22 heavy (non-hydrogen) atoms. The Hall–Kier alpha value is -1.37. The number of hydrogen-bond donors (Lipinski definition) is 1. The van der Waals surface area contributed by atoms with Gasteiger partial charge in [0.2, 0.25) is 0 Å². The summed E-state index contributed by atoms with van der Waals surface area (Å²) in [6.07, 6.45) is 1.15. The van der Waals surface area contributed by atoms with Crippen LogP contribution in [0.1, 0.15) is 15.9 Å². The number of nitrogens with one attached hydrogen (secondary N) is 1. The molecular weight excluding hydrogens is 390 g/mol. The fourth-order valence-electron chi connectivity index (χ4n) is 1.81. The molecule has 0 heterocycles. The van der Waals surface area contributed by atoms with Gasteiger partial charge in [0.15, 0.2) is 9.84 Å². The van der Waals surface area contributed by atoms with Crippen molar-refractivity contribution >= 4 is 43.3 Å². The van der Waals surface area contributed by atoms with E-state index in [0.29, 0.717) is 10.6 Å². The largest absolute Gasteiger partial charge is 0.348 e. The number of hydrogen-bond acceptors (Lipinski definition) is 3. The van der Waals surface area contributed by atoms with Gasteiger partial charge in [-0.1, -0.05) is 39.7 Å². The topological polar surface area (TPSA) is 63.2 Å². The van der Waals surface area contributed by atoms with Crippen LogP contribution in [0.15, 0.2) is 51.8 Å². The molecule has 0 spiro atoms. The average Bonchev–Trinajstić information content (AvgIpc) is 2.44. The Bertz CT molecular complexity index is 804. The van der Waals surface area contributed by atoms with E-state index in [-0.39, 0.29) is 17.3 Å². The van der Waals surface area contributed by atoms with Gasteiger partial charge in [-0.15, -0.1) is 0 Å². The second-order valence-electron chi connectivity index (χ2n) is 4.72. The van der Waals surface area contributed by atoms with Gasteiger partial charge in [0, 0.05) is 17.3 Å². The van der Waals surface area contributed by atoms with E-state index in [9.17, 15) is 13.2 Å². The first-order chi connectivity index (χ1) is 10.3. The molecular formula is C15H13BrClNO3S. The van der Waals surface area contributed by atoms with Crippen molar-refractivity contribution in [1.29, 1.82) is 0 Å². The monoisotopic (exact) mass is 401 g/mol. The highest BCUT2D eigenvalue weighted by Crippen LogP contribution is 2.21. The van der Waals surface area contributed by atoms with E-state index in [4.69, 9.17) is 11.6 Å². The third-order valence-electron chi connectivity index (χ3n) is 2.98. The molecule has 7 heteroatoms. The minimum Gasteiger partial charge on any atom is -0.348 e. The Morgan fingerprint density at radius 1 is 1.18 bits per heavy atom.